The number of aromatic nitrogens is 2. The second-order valence-electron chi connectivity index (χ2n) is 6.15. The van der Waals surface area contributed by atoms with E-state index >= 15 is 0 Å². The van der Waals surface area contributed by atoms with Crippen LogP contribution in [0.5, 0.6) is 0 Å². The van der Waals surface area contributed by atoms with Gasteiger partial charge in [0.1, 0.15) is 11.9 Å². The molecule has 122 valence electrons. The second-order valence-corrected chi connectivity index (χ2v) is 6.15. The van der Waals surface area contributed by atoms with Crippen molar-refractivity contribution in [1.82, 2.24) is 9.78 Å². The van der Waals surface area contributed by atoms with Crippen LogP contribution < -0.4 is 0 Å². The van der Waals surface area contributed by atoms with Gasteiger partial charge >= 0.3 is 5.97 Å². The second kappa shape index (κ2) is 6.52. The van der Waals surface area contributed by atoms with Gasteiger partial charge in [0.05, 0.1) is 17.3 Å². The van der Waals surface area contributed by atoms with Gasteiger partial charge in [-0.15, -0.1) is 0 Å². The lowest BCUT2D eigenvalue weighted by Gasteiger charge is -2.32. The van der Waals surface area contributed by atoms with E-state index in [1.165, 1.54) is 12.1 Å². The van der Waals surface area contributed by atoms with Crippen LogP contribution in [0.3, 0.4) is 0 Å². The zero-order valence-corrected chi connectivity index (χ0v) is 13.5. The van der Waals surface area contributed by atoms with E-state index in [9.17, 15) is 9.18 Å². The molecule has 2 atom stereocenters. The van der Waals surface area contributed by atoms with Crippen molar-refractivity contribution in [3.05, 3.63) is 53.1 Å². The van der Waals surface area contributed by atoms with Crippen molar-refractivity contribution in [2.75, 3.05) is 0 Å². The maximum absolute atomic E-state index is 13.8. The first-order valence-corrected chi connectivity index (χ1v) is 8.04. The van der Waals surface area contributed by atoms with Crippen LogP contribution in [0, 0.1) is 19.7 Å². The quantitative estimate of drug-likeness (QED) is 0.805. The molecule has 0 spiro atoms. The molecular weight excluding hydrogens is 295 g/mol. The van der Waals surface area contributed by atoms with Gasteiger partial charge < -0.3 is 4.74 Å². The summed E-state index contributed by atoms with van der Waals surface area (Å²) < 4.78 is 21.4. The van der Waals surface area contributed by atoms with Crippen LogP contribution in [0.1, 0.15) is 53.5 Å². The third kappa shape index (κ3) is 3.28. The number of esters is 1. The molecule has 1 aliphatic rings. The molecule has 0 radical (unpaired) electrons. The lowest BCUT2D eigenvalue weighted by Crippen LogP contribution is -2.33. The maximum Gasteiger partial charge on any atom is 0.341 e. The van der Waals surface area contributed by atoms with Crippen LogP contribution in [-0.4, -0.2) is 21.9 Å². The summed E-state index contributed by atoms with van der Waals surface area (Å²) in [5, 5.41) is 4.53. The molecule has 0 bridgehead atoms. The molecule has 0 N–H and O–H groups in total. The maximum atomic E-state index is 13.8. The Morgan fingerprint density at radius 1 is 1.26 bits per heavy atom. The standard InChI is InChI=1S/C18H21FN2O2/c1-12-11-13(2)21(20-12)16-9-5-6-10-17(16)23-18(22)14-7-3-4-8-15(14)19/h3-4,7-8,11,16-17H,5-6,9-10H2,1-2H3/t16-,17-/m0/s1. The minimum absolute atomic E-state index is 0.00908. The average molecular weight is 316 g/mol. The summed E-state index contributed by atoms with van der Waals surface area (Å²) in [7, 11) is 0. The Labute approximate surface area is 135 Å². The highest BCUT2D eigenvalue weighted by atomic mass is 19.1. The van der Waals surface area contributed by atoms with Crippen LogP contribution in [0.15, 0.2) is 30.3 Å². The van der Waals surface area contributed by atoms with Gasteiger partial charge in [0.15, 0.2) is 0 Å². The van der Waals surface area contributed by atoms with Crippen LogP contribution in [0.2, 0.25) is 0 Å². The monoisotopic (exact) mass is 316 g/mol. The largest absolute Gasteiger partial charge is 0.456 e. The first-order valence-electron chi connectivity index (χ1n) is 8.04. The van der Waals surface area contributed by atoms with E-state index in [4.69, 9.17) is 4.74 Å². The zero-order valence-electron chi connectivity index (χ0n) is 13.5. The summed E-state index contributed by atoms with van der Waals surface area (Å²) in [5.41, 5.74) is 2.00. The smallest absolute Gasteiger partial charge is 0.341 e. The molecule has 1 saturated carbocycles. The molecule has 1 aliphatic carbocycles. The number of nitrogens with zero attached hydrogens (tertiary/aromatic N) is 2. The summed E-state index contributed by atoms with van der Waals surface area (Å²) in [4.78, 5) is 12.3. The molecule has 1 aromatic carbocycles. The van der Waals surface area contributed by atoms with Gasteiger partial charge in [0.2, 0.25) is 0 Å². The van der Waals surface area contributed by atoms with Crippen molar-refractivity contribution in [2.24, 2.45) is 0 Å². The molecule has 5 heteroatoms. The van der Waals surface area contributed by atoms with Crippen molar-refractivity contribution in [3.63, 3.8) is 0 Å². The van der Waals surface area contributed by atoms with Gasteiger partial charge in [-0.05, 0) is 51.3 Å². The van der Waals surface area contributed by atoms with Crippen LogP contribution in [0.25, 0.3) is 0 Å². The molecule has 0 aliphatic heterocycles. The number of aryl methyl sites for hydroxylation is 2. The fourth-order valence-corrected chi connectivity index (χ4v) is 3.30. The Morgan fingerprint density at radius 3 is 2.70 bits per heavy atom. The van der Waals surface area contributed by atoms with Crippen LogP contribution in [0.4, 0.5) is 4.39 Å². The Kier molecular flexibility index (Phi) is 4.46. The Bertz CT molecular complexity index is 711. The molecule has 0 saturated heterocycles. The number of rotatable bonds is 3. The minimum Gasteiger partial charge on any atom is -0.456 e. The number of benzene rings is 1. The molecule has 3 rings (SSSR count). The molecule has 4 nitrogen and oxygen atoms in total. The Balaban J connectivity index is 1.81. The van der Waals surface area contributed by atoms with Gasteiger partial charge in [0, 0.05) is 5.69 Å². The van der Waals surface area contributed by atoms with Gasteiger partial charge in [-0.25, -0.2) is 9.18 Å². The van der Waals surface area contributed by atoms with E-state index in [0.717, 1.165) is 37.1 Å². The van der Waals surface area contributed by atoms with Gasteiger partial charge in [-0.1, -0.05) is 18.6 Å². The summed E-state index contributed by atoms with van der Waals surface area (Å²) in [6.45, 7) is 3.96. The average Bonchev–Trinajstić information content (AvgIpc) is 2.86. The zero-order chi connectivity index (χ0) is 16.4. The highest BCUT2D eigenvalue weighted by molar-refractivity contribution is 5.89. The Hall–Kier alpha value is -2.17. The fraction of sp³-hybridized carbons (Fsp3) is 0.444. The van der Waals surface area contributed by atoms with E-state index in [1.54, 1.807) is 12.1 Å². The van der Waals surface area contributed by atoms with E-state index in [2.05, 4.69) is 5.10 Å². The van der Waals surface area contributed by atoms with Gasteiger partial charge in [-0.2, -0.15) is 5.10 Å². The van der Waals surface area contributed by atoms with Crippen molar-refractivity contribution in [3.8, 4) is 0 Å². The highest BCUT2D eigenvalue weighted by Crippen LogP contribution is 2.32. The van der Waals surface area contributed by atoms with E-state index in [1.807, 2.05) is 24.6 Å². The van der Waals surface area contributed by atoms with Crippen molar-refractivity contribution < 1.29 is 13.9 Å². The molecule has 23 heavy (non-hydrogen) atoms. The Morgan fingerprint density at radius 2 is 2.00 bits per heavy atom. The molecule has 1 heterocycles. The van der Waals surface area contributed by atoms with Crippen molar-refractivity contribution in [2.45, 2.75) is 51.7 Å². The molecule has 0 unspecified atom stereocenters. The lowest BCUT2D eigenvalue weighted by atomic mass is 9.92. The SMILES string of the molecule is Cc1cc(C)n([C@H]2CCCC[C@@H]2OC(=O)c2ccccc2F)n1. The topological polar surface area (TPSA) is 44.1 Å². The number of hydrogen-bond acceptors (Lipinski definition) is 3. The molecule has 1 aromatic heterocycles. The first-order chi connectivity index (χ1) is 11.1. The summed E-state index contributed by atoms with van der Waals surface area (Å²) in [6, 6.07) is 7.97. The predicted molar refractivity (Wildman–Crippen MR) is 84.8 cm³/mol. The number of carbonyl (C=O) groups excluding carboxylic acids is 1. The van der Waals surface area contributed by atoms with Gasteiger partial charge in [-0.3, -0.25) is 4.68 Å². The fourth-order valence-electron chi connectivity index (χ4n) is 3.30. The van der Waals surface area contributed by atoms with Crippen LogP contribution in [-0.2, 0) is 4.74 Å². The highest BCUT2D eigenvalue weighted by Gasteiger charge is 2.32. The van der Waals surface area contributed by atoms with Crippen molar-refractivity contribution >= 4 is 5.97 Å². The number of hydrogen-bond donors (Lipinski definition) is 0. The predicted octanol–water partition coefficient (Wildman–Crippen LogP) is 3.98. The van der Waals surface area contributed by atoms with E-state index in [-0.39, 0.29) is 17.7 Å². The number of halogens is 1. The minimum atomic E-state index is -0.596. The summed E-state index contributed by atoms with van der Waals surface area (Å²) >= 11 is 0. The third-order valence-electron chi connectivity index (χ3n) is 4.38. The summed E-state index contributed by atoms with van der Waals surface area (Å²) in [6.07, 6.45) is 3.51. The van der Waals surface area contributed by atoms with Gasteiger partial charge in [0.25, 0.3) is 0 Å². The van der Waals surface area contributed by atoms with E-state index < -0.39 is 11.8 Å². The molecule has 1 fully saturated rings. The number of ether oxygens (including phenoxy) is 1. The molecular formula is C18H21FN2O2. The molecule has 0 amide bonds. The number of carbonyl (C=O) groups is 1. The normalized spacial score (nSPS) is 21.2. The molecule has 2 aromatic rings. The lowest BCUT2D eigenvalue weighted by molar-refractivity contribution is 0.00125. The van der Waals surface area contributed by atoms with Crippen molar-refractivity contribution in [1.29, 1.82) is 0 Å². The third-order valence-corrected chi connectivity index (χ3v) is 4.38. The summed E-state index contributed by atoms with van der Waals surface area (Å²) in [5.74, 6) is -1.14. The van der Waals surface area contributed by atoms with Crippen LogP contribution >= 0.6 is 0 Å². The van der Waals surface area contributed by atoms with E-state index in [0.29, 0.717) is 0 Å². The first kappa shape index (κ1) is 15.7.